The Balaban J connectivity index is 1.84. The van der Waals surface area contributed by atoms with Gasteiger partial charge < -0.3 is 14.6 Å². The third kappa shape index (κ3) is 4.68. The van der Waals surface area contributed by atoms with Crippen molar-refractivity contribution in [2.24, 2.45) is 0 Å². The quantitative estimate of drug-likeness (QED) is 0.653. The second kappa shape index (κ2) is 7.88. The van der Waals surface area contributed by atoms with E-state index in [4.69, 9.17) is 4.52 Å². The Kier molecular flexibility index (Phi) is 5.71. The number of nitrogens with zero attached hydrogens (tertiary/aromatic N) is 2. The van der Waals surface area contributed by atoms with Gasteiger partial charge in [0.05, 0.1) is 33.8 Å². The molecule has 1 amide bonds. The maximum atomic E-state index is 12.8. The molecule has 6 nitrogen and oxygen atoms in total. The molecule has 0 aromatic carbocycles. The molecule has 0 aliphatic carbocycles. The Morgan fingerprint density at radius 3 is 2.75 bits per heavy atom. The highest BCUT2D eigenvalue weighted by Gasteiger charge is 2.28. The summed E-state index contributed by atoms with van der Waals surface area (Å²) < 4.78 is 46.4. The standard InChI is InChI=1S/C18H18F3N3O3S/c1-9(7-26-8-18(19,20)21)22-16(25)12-6-13(14-5-4-10(2)28-14)23-17-15(12)11(3)24-27-17/h4-6,9H,7-8H2,1-3H3,(H,22,25). The number of aromatic nitrogens is 2. The summed E-state index contributed by atoms with van der Waals surface area (Å²) in [6.07, 6.45) is -4.41. The maximum absolute atomic E-state index is 12.8. The Morgan fingerprint density at radius 2 is 2.11 bits per heavy atom. The monoisotopic (exact) mass is 413 g/mol. The summed E-state index contributed by atoms with van der Waals surface area (Å²) in [5, 5.41) is 6.99. The summed E-state index contributed by atoms with van der Waals surface area (Å²) in [4.78, 5) is 19.2. The first-order valence-electron chi connectivity index (χ1n) is 8.43. The van der Waals surface area contributed by atoms with Crippen LogP contribution in [0.4, 0.5) is 13.2 Å². The van der Waals surface area contributed by atoms with E-state index in [1.54, 1.807) is 19.9 Å². The molecule has 1 unspecified atom stereocenters. The summed E-state index contributed by atoms with van der Waals surface area (Å²) in [5.41, 5.74) is 1.59. The number of hydrogen-bond donors (Lipinski definition) is 1. The second-order valence-corrected chi connectivity index (χ2v) is 7.71. The van der Waals surface area contributed by atoms with E-state index in [2.05, 4.69) is 20.2 Å². The van der Waals surface area contributed by atoms with E-state index < -0.39 is 24.7 Å². The van der Waals surface area contributed by atoms with E-state index in [1.807, 2.05) is 19.1 Å². The number of halogens is 3. The minimum absolute atomic E-state index is 0.229. The summed E-state index contributed by atoms with van der Waals surface area (Å²) in [7, 11) is 0. The molecule has 3 heterocycles. The molecule has 10 heteroatoms. The molecule has 3 aromatic heterocycles. The first-order valence-corrected chi connectivity index (χ1v) is 9.25. The van der Waals surface area contributed by atoms with E-state index in [0.29, 0.717) is 22.3 Å². The highest BCUT2D eigenvalue weighted by atomic mass is 32.1. The van der Waals surface area contributed by atoms with Crippen molar-refractivity contribution < 1.29 is 27.2 Å². The topological polar surface area (TPSA) is 77.2 Å². The van der Waals surface area contributed by atoms with Crippen molar-refractivity contribution >= 4 is 28.3 Å². The number of hydrogen-bond acceptors (Lipinski definition) is 6. The van der Waals surface area contributed by atoms with Crippen molar-refractivity contribution in [1.82, 2.24) is 15.5 Å². The molecule has 0 aliphatic heterocycles. The zero-order chi connectivity index (χ0) is 20.5. The number of pyridine rings is 1. The van der Waals surface area contributed by atoms with Crippen molar-refractivity contribution in [1.29, 1.82) is 0 Å². The molecule has 1 N–H and O–H groups in total. The molecular weight excluding hydrogens is 395 g/mol. The average Bonchev–Trinajstić information content (AvgIpc) is 3.19. The Morgan fingerprint density at radius 1 is 1.36 bits per heavy atom. The lowest BCUT2D eigenvalue weighted by molar-refractivity contribution is -0.174. The van der Waals surface area contributed by atoms with E-state index in [9.17, 15) is 18.0 Å². The van der Waals surface area contributed by atoms with Crippen LogP contribution in [-0.2, 0) is 4.74 Å². The van der Waals surface area contributed by atoms with Crippen LogP contribution in [0.5, 0.6) is 0 Å². The van der Waals surface area contributed by atoms with E-state index in [-0.39, 0.29) is 12.3 Å². The molecule has 28 heavy (non-hydrogen) atoms. The average molecular weight is 413 g/mol. The Hall–Kier alpha value is -2.46. The lowest BCUT2D eigenvalue weighted by atomic mass is 10.1. The van der Waals surface area contributed by atoms with Crippen LogP contribution in [0.3, 0.4) is 0 Å². The van der Waals surface area contributed by atoms with Crippen LogP contribution in [0, 0.1) is 13.8 Å². The van der Waals surface area contributed by atoms with Crippen LogP contribution in [0.25, 0.3) is 21.7 Å². The number of carbonyl (C=O) groups excluding carboxylic acids is 1. The molecule has 3 aromatic rings. The van der Waals surface area contributed by atoms with Gasteiger partial charge in [0.2, 0.25) is 0 Å². The molecule has 0 bridgehead atoms. The van der Waals surface area contributed by atoms with Crippen LogP contribution >= 0.6 is 11.3 Å². The fourth-order valence-corrected chi connectivity index (χ4v) is 3.50. The second-order valence-electron chi connectivity index (χ2n) is 6.42. The van der Waals surface area contributed by atoms with Gasteiger partial charge in [0, 0.05) is 10.9 Å². The van der Waals surface area contributed by atoms with Gasteiger partial charge in [-0.05, 0) is 39.0 Å². The van der Waals surface area contributed by atoms with Gasteiger partial charge in [0.25, 0.3) is 11.6 Å². The van der Waals surface area contributed by atoms with Crippen LogP contribution in [0.15, 0.2) is 22.7 Å². The minimum Gasteiger partial charge on any atom is -0.370 e. The van der Waals surface area contributed by atoms with Gasteiger partial charge in [-0.25, -0.2) is 4.98 Å². The van der Waals surface area contributed by atoms with Crippen molar-refractivity contribution in [3.63, 3.8) is 0 Å². The molecule has 150 valence electrons. The van der Waals surface area contributed by atoms with Gasteiger partial charge in [-0.1, -0.05) is 5.16 Å². The van der Waals surface area contributed by atoms with Crippen LogP contribution < -0.4 is 5.32 Å². The summed E-state index contributed by atoms with van der Waals surface area (Å²) >= 11 is 1.52. The number of fused-ring (bicyclic) bond motifs is 1. The predicted molar refractivity (Wildman–Crippen MR) is 98.4 cm³/mol. The smallest absolute Gasteiger partial charge is 0.370 e. The number of thiophene rings is 1. The van der Waals surface area contributed by atoms with Crippen molar-refractivity contribution in [3.8, 4) is 10.6 Å². The van der Waals surface area contributed by atoms with Gasteiger partial charge in [-0.3, -0.25) is 4.79 Å². The molecule has 0 aliphatic rings. The lowest BCUT2D eigenvalue weighted by Gasteiger charge is -2.15. The van der Waals surface area contributed by atoms with Gasteiger partial charge in [-0.15, -0.1) is 11.3 Å². The molecule has 0 radical (unpaired) electrons. The summed E-state index contributed by atoms with van der Waals surface area (Å²) in [6.45, 7) is 3.59. The van der Waals surface area contributed by atoms with E-state index >= 15 is 0 Å². The fraction of sp³-hybridized carbons (Fsp3) is 0.389. The van der Waals surface area contributed by atoms with Gasteiger partial charge >= 0.3 is 6.18 Å². The largest absolute Gasteiger partial charge is 0.411 e. The van der Waals surface area contributed by atoms with Crippen molar-refractivity contribution in [3.05, 3.63) is 34.3 Å². The summed E-state index contributed by atoms with van der Waals surface area (Å²) in [6, 6.07) is 4.85. The number of ether oxygens (including phenoxy) is 1. The first kappa shape index (κ1) is 20.3. The molecule has 3 rings (SSSR count). The number of amides is 1. The van der Waals surface area contributed by atoms with Gasteiger partial charge in [0.1, 0.15) is 6.61 Å². The predicted octanol–water partition coefficient (Wildman–Crippen LogP) is 4.27. The van der Waals surface area contributed by atoms with Crippen molar-refractivity contribution in [2.45, 2.75) is 33.0 Å². The SMILES string of the molecule is Cc1ccc(-c2cc(C(=O)NC(C)COCC(F)(F)F)c3c(C)noc3n2)s1. The van der Waals surface area contributed by atoms with E-state index in [1.165, 1.54) is 11.3 Å². The number of aryl methyl sites for hydroxylation is 2. The summed E-state index contributed by atoms with van der Waals surface area (Å²) in [5.74, 6) is -0.462. The maximum Gasteiger partial charge on any atom is 0.411 e. The first-order chi connectivity index (χ1) is 13.1. The fourth-order valence-electron chi connectivity index (χ4n) is 2.67. The van der Waals surface area contributed by atoms with Gasteiger partial charge in [-0.2, -0.15) is 13.2 Å². The normalized spacial score (nSPS) is 13.1. The zero-order valence-corrected chi connectivity index (χ0v) is 16.2. The Bertz CT molecular complexity index is 997. The minimum atomic E-state index is -4.41. The third-order valence-electron chi connectivity index (χ3n) is 3.87. The molecular formula is C18H18F3N3O3S. The van der Waals surface area contributed by atoms with E-state index in [0.717, 1.165) is 9.75 Å². The van der Waals surface area contributed by atoms with Crippen LogP contribution in [0.1, 0.15) is 27.9 Å². The van der Waals surface area contributed by atoms with Gasteiger partial charge in [0.15, 0.2) is 0 Å². The van der Waals surface area contributed by atoms with Crippen LogP contribution in [0.2, 0.25) is 0 Å². The number of alkyl halides is 3. The molecule has 0 spiro atoms. The third-order valence-corrected chi connectivity index (χ3v) is 4.89. The highest BCUT2D eigenvalue weighted by Crippen LogP contribution is 2.31. The van der Waals surface area contributed by atoms with Crippen molar-refractivity contribution in [2.75, 3.05) is 13.2 Å². The number of rotatable bonds is 6. The molecule has 0 saturated heterocycles. The molecule has 1 atom stereocenters. The molecule has 0 fully saturated rings. The van der Waals surface area contributed by atoms with Crippen LogP contribution in [-0.4, -0.2) is 41.5 Å². The Labute approximate surface area is 162 Å². The number of carbonyl (C=O) groups is 1. The molecule has 0 saturated carbocycles. The lowest BCUT2D eigenvalue weighted by Crippen LogP contribution is -2.37. The highest BCUT2D eigenvalue weighted by molar-refractivity contribution is 7.15. The zero-order valence-electron chi connectivity index (χ0n) is 15.4. The number of nitrogens with one attached hydrogen (secondary N) is 1.